The first-order valence-corrected chi connectivity index (χ1v) is 6.07. The van der Waals surface area contributed by atoms with Crippen LogP contribution >= 0.6 is 0 Å². The predicted molar refractivity (Wildman–Crippen MR) is 75.6 cm³/mol. The maximum absolute atomic E-state index is 13.8. The van der Waals surface area contributed by atoms with Crippen molar-refractivity contribution in [2.24, 2.45) is 0 Å². The van der Waals surface area contributed by atoms with Crippen LogP contribution in [0.2, 0.25) is 0 Å². The zero-order valence-corrected chi connectivity index (χ0v) is 11.5. The topological polar surface area (TPSA) is 67.8 Å². The monoisotopic (exact) mass is 291 g/mol. The van der Waals surface area contributed by atoms with Crippen molar-refractivity contribution >= 4 is 11.6 Å². The second-order valence-corrected chi connectivity index (χ2v) is 4.19. The van der Waals surface area contributed by atoms with E-state index in [1.165, 1.54) is 44.6 Å². The van der Waals surface area contributed by atoms with Crippen molar-refractivity contribution in [3.05, 3.63) is 47.8 Å². The summed E-state index contributed by atoms with van der Waals surface area (Å²) >= 11 is 0. The van der Waals surface area contributed by atoms with Gasteiger partial charge in [0.2, 0.25) is 0 Å². The third-order valence-corrected chi connectivity index (χ3v) is 2.86. The number of nitrogens with one attached hydrogen (secondary N) is 1. The Kier molecular flexibility index (Phi) is 4.27. The quantitative estimate of drug-likeness (QED) is 0.909. The van der Waals surface area contributed by atoms with Crippen molar-refractivity contribution in [2.45, 2.75) is 0 Å². The lowest BCUT2D eigenvalue weighted by atomic mass is 10.2. The van der Waals surface area contributed by atoms with E-state index in [4.69, 9.17) is 9.47 Å². The fourth-order valence-corrected chi connectivity index (χ4v) is 1.77. The number of methoxy groups -OCH3 is 2. The van der Waals surface area contributed by atoms with Gasteiger partial charge in [-0.05, 0) is 24.3 Å². The fourth-order valence-electron chi connectivity index (χ4n) is 1.77. The third kappa shape index (κ3) is 3.22. The number of ether oxygens (including phenoxy) is 2. The molecule has 6 heteroatoms. The van der Waals surface area contributed by atoms with Crippen LogP contribution in [0.15, 0.2) is 36.4 Å². The number of benzene rings is 2. The summed E-state index contributed by atoms with van der Waals surface area (Å²) in [6, 6.07) is 8.29. The van der Waals surface area contributed by atoms with Gasteiger partial charge in [0, 0.05) is 17.8 Å². The summed E-state index contributed by atoms with van der Waals surface area (Å²) in [5, 5.41) is 12.1. The zero-order valence-electron chi connectivity index (χ0n) is 11.5. The average molecular weight is 291 g/mol. The molecule has 2 aromatic rings. The van der Waals surface area contributed by atoms with Crippen molar-refractivity contribution in [2.75, 3.05) is 19.5 Å². The van der Waals surface area contributed by atoms with Crippen LogP contribution in [0.5, 0.6) is 17.2 Å². The van der Waals surface area contributed by atoms with E-state index in [0.29, 0.717) is 11.4 Å². The lowest BCUT2D eigenvalue weighted by Gasteiger charge is -2.09. The van der Waals surface area contributed by atoms with E-state index >= 15 is 0 Å². The molecule has 0 aromatic heterocycles. The molecule has 0 heterocycles. The molecule has 0 bridgehead atoms. The Balaban J connectivity index is 2.20. The highest BCUT2D eigenvalue weighted by atomic mass is 19.1. The first kappa shape index (κ1) is 14.6. The van der Waals surface area contributed by atoms with Gasteiger partial charge in [-0.25, -0.2) is 4.39 Å². The van der Waals surface area contributed by atoms with Crippen LogP contribution in [-0.4, -0.2) is 25.2 Å². The summed E-state index contributed by atoms with van der Waals surface area (Å²) in [6.45, 7) is 0. The van der Waals surface area contributed by atoms with Crippen molar-refractivity contribution in [3.8, 4) is 17.2 Å². The lowest BCUT2D eigenvalue weighted by Crippen LogP contribution is -2.13. The Morgan fingerprint density at radius 3 is 2.48 bits per heavy atom. The summed E-state index contributed by atoms with van der Waals surface area (Å²) in [6.07, 6.45) is 0. The van der Waals surface area contributed by atoms with E-state index in [9.17, 15) is 14.3 Å². The summed E-state index contributed by atoms with van der Waals surface area (Å²) in [5.41, 5.74) is 0.208. The van der Waals surface area contributed by atoms with E-state index in [-0.39, 0.29) is 17.1 Å². The predicted octanol–water partition coefficient (Wildman–Crippen LogP) is 2.80. The van der Waals surface area contributed by atoms with Gasteiger partial charge in [0.1, 0.15) is 11.6 Å². The van der Waals surface area contributed by atoms with E-state index in [1.54, 1.807) is 0 Å². The number of aromatic hydroxyl groups is 1. The molecule has 0 atom stereocenters. The summed E-state index contributed by atoms with van der Waals surface area (Å²) in [7, 11) is 2.83. The number of phenolic OH excluding ortho intramolecular Hbond substituents is 1. The molecule has 2 rings (SSSR count). The van der Waals surface area contributed by atoms with E-state index in [1.807, 2.05) is 0 Å². The number of anilines is 1. The Hall–Kier alpha value is -2.76. The Bertz CT molecular complexity index is 673. The van der Waals surface area contributed by atoms with E-state index in [2.05, 4.69) is 5.32 Å². The summed E-state index contributed by atoms with van der Waals surface area (Å²) in [5.74, 6) is -0.829. The molecular formula is C15H14FNO4. The van der Waals surface area contributed by atoms with Crippen molar-refractivity contribution in [1.29, 1.82) is 0 Å². The molecule has 0 fully saturated rings. The van der Waals surface area contributed by atoms with Gasteiger partial charge in [-0.2, -0.15) is 0 Å². The highest BCUT2D eigenvalue weighted by Gasteiger charge is 2.13. The first-order valence-electron chi connectivity index (χ1n) is 6.07. The Morgan fingerprint density at radius 2 is 1.90 bits per heavy atom. The number of carbonyl (C=O) groups excluding carboxylic acids is 1. The number of hydrogen-bond acceptors (Lipinski definition) is 4. The highest BCUT2D eigenvalue weighted by Crippen LogP contribution is 2.29. The molecule has 0 aliphatic heterocycles. The Labute approximate surface area is 120 Å². The number of rotatable bonds is 4. The molecule has 0 saturated carbocycles. The van der Waals surface area contributed by atoms with Gasteiger partial charge in [-0.3, -0.25) is 4.79 Å². The maximum Gasteiger partial charge on any atom is 0.258 e. The van der Waals surface area contributed by atoms with Gasteiger partial charge in [0.05, 0.1) is 19.8 Å². The molecule has 21 heavy (non-hydrogen) atoms. The summed E-state index contributed by atoms with van der Waals surface area (Å²) < 4.78 is 23.5. The molecule has 110 valence electrons. The standard InChI is InChI=1S/C15H14FNO4/c1-20-10-4-5-11(12(16)8-10)15(19)17-9-3-6-14(21-2)13(18)7-9/h3-8,18H,1-2H3,(H,17,19). The smallest absolute Gasteiger partial charge is 0.258 e. The van der Waals surface area contributed by atoms with E-state index in [0.717, 1.165) is 6.07 Å². The van der Waals surface area contributed by atoms with Crippen LogP contribution in [-0.2, 0) is 0 Å². The number of amides is 1. The van der Waals surface area contributed by atoms with Crippen LogP contribution in [0, 0.1) is 5.82 Å². The second kappa shape index (κ2) is 6.13. The molecule has 0 unspecified atom stereocenters. The molecule has 0 radical (unpaired) electrons. The molecule has 0 spiro atoms. The van der Waals surface area contributed by atoms with Crippen molar-refractivity contribution in [1.82, 2.24) is 0 Å². The van der Waals surface area contributed by atoms with Crippen LogP contribution in [0.4, 0.5) is 10.1 Å². The maximum atomic E-state index is 13.8. The lowest BCUT2D eigenvalue weighted by molar-refractivity contribution is 0.102. The van der Waals surface area contributed by atoms with Crippen LogP contribution in [0.1, 0.15) is 10.4 Å². The zero-order chi connectivity index (χ0) is 15.4. The normalized spacial score (nSPS) is 10.0. The Morgan fingerprint density at radius 1 is 1.14 bits per heavy atom. The largest absolute Gasteiger partial charge is 0.504 e. The highest BCUT2D eigenvalue weighted by molar-refractivity contribution is 6.04. The number of phenols is 1. The number of hydrogen-bond donors (Lipinski definition) is 2. The van der Waals surface area contributed by atoms with Crippen LogP contribution < -0.4 is 14.8 Å². The van der Waals surface area contributed by atoms with Gasteiger partial charge in [-0.1, -0.05) is 0 Å². The SMILES string of the molecule is COc1ccc(C(=O)Nc2ccc(OC)c(O)c2)c(F)c1. The van der Waals surface area contributed by atoms with Gasteiger partial charge < -0.3 is 19.9 Å². The van der Waals surface area contributed by atoms with Crippen molar-refractivity contribution < 1.29 is 23.8 Å². The van der Waals surface area contributed by atoms with Gasteiger partial charge in [0.25, 0.3) is 5.91 Å². The molecule has 2 N–H and O–H groups in total. The molecule has 0 saturated heterocycles. The fraction of sp³-hybridized carbons (Fsp3) is 0.133. The van der Waals surface area contributed by atoms with Crippen LogP contribution in [0.25, 0.3) is 0 Å². The average Bonchev–Trinajstić information content (AvgIpc) is 2.47. The molecule has 1 amide bonds. The number of halogens is 1. The van der Waals surface area contributed by atoms with E-state index < -0.39 is 11.7 Å². The summed E-state index contributed by atoms with van der Waals surface area (Å²) in [4.78, 5) is 12.0. The molecule has 5 nitrogen and oxygen atoms in total. The first-order chi connectivity index (χ1) is 10.0. The molecule has 0 aliphatic carbocycles. The third-order valence-electron chi connectivity index (χ3n) is 2.86. The van der Waals surface area contributed by atoms with Gasteiger partial charge in [0.15, 0.2) is 11.5 Å². The van der Waals surface area contributed by atoms with Gasteiger partial charge >= 0.3 is 0 Å². The minimum absolute atomic E-state index is 0.119. The van der Waals surface area contributed by atoms with Crippen molar-refractivity contribution in [3.63, 3.8) is 0 Å². The molecule has 2 aromatic carbocycles. The van der Waals surface area contributed by atoms with Gasteiger partial charge in [-0.15, -0.1) is 0 Å². The molecule has 0 aliphatic rings. The minimum atomic E-state index is -0.690. The number of carbonyl (C=O) groups is 1. The molecular weight excluding hydrogens is 277 g/mol. The van der Waals surface area contributed by atoms with Crippen LogP contribution in [0.3, 0.4) is 0 Å². The minimum Gasteiger partial charge on any atom is -0.504 e. The second-order valence-electron chi connectivity index (χ2n) is 4.19.